The van der Waals surface area contributed by atoms with E-state index in [4.69, 9.17) is 11.6 Å². The number of aromatic nitrogens is 2. The summed E-state index contributed by atoms with van der Waals surface area (Å²) in [5, 5.41) is 6.13. The van der Waals surface area contributed by atoms with Crippen LogP contribution in [0.1, 0.15) is 21.2 Å². The van der Waals surface area contributed by atoms with Crippen molar-refractivity contribution < 1.29 is 4.79 Å². The van der Waals surface area contributed by atoms with Crippen molar-refractivity contribution in [3.05, 3.63) is 45.1 Å². The number of hydrogen-bond donors (Lipinski definition) is 1. The molecule has 0 fully saturated rings. The molecule has 1 amide bonds. The lowest BCUT2D eigenvalue weighted by molar-refractivity contribution is 0.0945. The van der Waals surface area contributed by atoms with Gasteiger partial charge in [-0.15, -0.1) is 11.3 Å². The first kappa shape index (κ1) is 12.0. The SMILES string of the molecule is Cc1nc(CNC(=O)c2cc(Cl)ccn2)cs1. The highest BCUT2D eigenvalue weighted by atomic mass is 35.5. The van der Waals surface area contributed by atoms with Crippen LogP contribution in [-0.4, -0.2) is 15.9 Å². The number of thiazole rings is 1. The fraction of sp³-hybridized carbons (Fsp3) is 0.182. The molecule has 2 rings (SSSR count). The molecule has 0 aliphatic carbocycles. The van der Waals surface area contributed by atoms with Gasteiger partial charge in [-0.05, 0) is 19.1 Å². The van der Waals surface area contributed by atoms with Crippen molar-refractivity contribution in [3.63, 3.8) is 0 Å². The minimum atomic E-state index is -0.252. The predicted octanol–water partition coefficient (Wildman–Crippen LogP) is 2.43. The Kier molecular flexibility index (Phi) is 3.71. The van der Waals surface area contributed by atoms with E-state index in [0.29, 0.717) is 17.3 Å². The summed E-state index contributed by atoms with van der Waals surface area (Å²) in [7, 11) is 0. The molecule has 2 heterocycles. The van der Waals surface area contributed by atoms with Crippen molar-refractivity contribution in [2.45, 2.75) is 13.5 Å². The Labute approximate surface area is 108 Å². The first-order valence-electron chi connectivity index (χ1n) is 4.96. The quantitative estimate of drug-likeness (QED) is 0.929. The molecule has 88 valence electrons. The molecular weight excluding hydrogens is 258 g/mol. The zero-order chi connectivity index (χ0) is 12.3. The molecule has 0 aliphatic rings. The van der Waals surface area contributed by atoms with E-state index >= 15 is 0 Å². The smallest absolute Gasteiger partial charge is 0.270 e. The predicted molar refractivity (Wildman–Crippen MR) is 67.3 cm³/mol. The summed E-state index contributed by atoms with van der Waals surface area (Å²) >= 11 is 7.33. The van der Waals surface area contributed by atoms with Gasteiger partial charge in [-0.3, -0.25) is 9.78 Å². The van der Waals surface area contributed by atoms with Crippen LogP contribution in [0.25, 0.3) is 0 Å². The second kappa shape index (κ2) is 5.25. The van der Waals surface area contributed by atoms with Gasteiger partial charge >= 0.3 is 0 Å². The van der Waals surface area contributed by atoms with Crippen LogP contribution in [0.15, 0.2) is 23.7 Å². The van der Waals surface area contributed by atoms with Crippen molar-refractivity contribution in [2.75, 3.05) is 0 Å². The van der Waals surface area contributed by atoms with Crippen molar-refractivity contribution in [1.29, 1.82) is 0 Å². The monoisotopic (exact) mass is 267 g/mol. The number of nitrogens with one attached hydrogen (secondary N) is 1. The molecule has 0 saturated heterocycles. The van der Waals surface area contributed by atoms with Crippen LogP contribution < -0.4 is 5.32 Å². The lowest BCUT2D eigenvalue weighted by atomic mass is 10.3. The maximum Gasteiger partial charge on any atom is 0.270 e. The molecule has 4 nitrogen and oxygen atoms in total. The van der Waals surface area contributed by atoms with Crippen LogP contribution in [0, 0.1) is 6.92 Å². The maximum absolute atomic E-state index is 11.7. The molecule has 0 bridgehead atoms. The van der Waals surface area contributed by atoms with E-state index in [1.807, 2.05) is 12.3 Å². The van der Waals surface area contributed by atoms with Crippen molar-refractivity contribution >= 4 is 28.8 Å². The number of amides is 1. The number of carbonyl (C=O) groups is 1. The normalized spacial score (nSPS) is 10.2. The van der Waals surface area contributed by atoms with Gasteiger partial charge in [0.2, 0.25) is 0 Å². The number of carbonyl (C=O) groups excluding carboxylic acids is 1. The number of aryl methyl sites for hydroxylation is 1. The Morgan fingerprint density at radius 1 is 1.59 bits per heavy atom. The first-order chi connectivity index (χ1) is 8.15. The van der Waals surface area contributed by atoms with Crippen molar-refractivity contribution in [3.8, 4) is 0 Å². The summed E-state index contributed by atoms with van der Waals surface area (Å²) in [4.78, 5) is 19.9. The molecule has 6 heteroatoms. The van der Waals surface area contributed by atoms with Gasteiger partial charge < -0.3 is 5.32 Å². The van der Waals surface area contributed by atoms with E-state index in [-0.39, 0.29) is 5.91 Å². The first-order valence-corrected chi connectivity index (χ1v) is 6.21. The second-order valence-corrected chi connectivity index (χ2v) is 4.90. The third-order valence-corrected chi connectivity index (χ3v) is 3.11. The topological polar surface area (TPSA) is 54.9 Å². The molecule has 0 atom stereocenters. The van der Waals surface area contributed by atoms with Gasteiger partial charge in [0, 0.05) is 16.6 Å². The second-order valence-electron chi connectivity index (χ2n) is 3.40. The minimum Gasteiger partial charge on any atom is -0.345 e. The fourth-order valence-electron chi connectivity index (χ4n) is 1.28. The Hall–Kier alpha value is -1.46. The highest BCUT2D eigenvalue weighted by molar-refractivity contribution is 7.09. The summed E-state index contributed by atoms with van der Waals surface area (Å²) < 4.78 is 0. The summed E-state index contributed by atoms with van der Waals surface area (Å²) in [6.45, 7) is 2.33. The van der Waals surface area contributed by atoms with Crippen LogP contribution in [0.2, 0.25) is 5.02 Å². The molecule has 2 aromatic rings. The lowest BCUT2D eigenvalue weighted by Gasteiger charge is -2.02. The van der Waals surface area contributed by atoms with Crippen molar-refractivity contribution in [2.24, 2.45) is 0 Å². The number of hydrogen-bond acceptors (Lipinski definition) is 4. The van der Waals surface area contributed by atoms with Gasteiger partial charge in [0.05, 0.1) is 17.2 Å². The Bertz CT molecular complexity index is 541. The summed E-state index contributed by atoms with van der Waals surface area (Å²) in [5.41, 5.74) is 1.16. The van der Waals surface area contributed by atoms with E-state index in [0.717, 1.165) is 10.7 Å². The highest BCUT2D eigenvalue weighted by Crippen LogP contribution is 2.09. The molecular formula is C11H10ClN3OS. The van der Waals surface area contributed by atoms with Crippen LogP contribution >= 0.6 is 22.9 Å². The van der Waals surface area contributed by atoms with Crippen LogP contribution in [0.5, 0.6) is 0 Å². The molecule has 0 unspecified atom stereocenters. The zero-order valence-corrected chi connectivity index (χ0v) is 10.7. The minimum absolute atomic E-state index is 0.252. The average molecular weight is 268 g/mol. The van der Waals surface area contributed by atoms with E-state index in [9.17, 15) is 4.79 Å². The van der Waals surface area contributed by atoms with Gasteiger partial charge in [0.15, 0.2) is 0 Å². The van der Waals surface area contributed by atoms with Crippen molar-refractivity contribution in [1.82, 2.24) is 15.3 Å². The van der Waals surface area contributed by atoms with Crippen LogP contribution in [0.3, 0.4) is 0 Å². The van der Waals surface area contributed by atoms with Crippen LogP contribution in [-0.2, 0) is 6.54 Å². The molecule has 0 saturated carbocycles. The Morgan fingerprint density at radius 3 is 3.06 bits per heavy atom. The summed E-state index contributed by atoms with van der Waals surface area (Å²) in [6.07, 6.45) is 1.50. The Balaban J connectivity index is 1.98. The van der Waals surface area contributed by atoms with E-state index < -0.39 is 0 Å². The largest absolute Gasteiger partial charge is 0.345 e. The van der Waals surface area contributed by atoms with Gasteiger partial charge in [-0.2, -0.15) is 0 Å². The maximum atomic E-state index is 11.7. The molecule has 0 spiro atoms. The van der Waals surface area contributed by atoms with Gasteiger partial charge in [-0.1, -0.05) is 11.6 Å². The van der Waals surface area contributed by atoms with Crippen LogP contribution in [0.4, 0.5) is 0 Å². The molecule has 0 aromatic carbocycles. The molecule has 0 aliphatic heterocycles. The highest BCUT2D eigenvalue weighted by Gasteiger charge is 2.08. The number of rotatable bonds is 3. The Morgan fingerprint density at radius 2 is 2.41 bits per heavy atom. The fourth-order valence-corrected chi connectivity index (χ4v) is 2.05. The van der Waals surface area contributed by atoms with E-state index in [2.05, 4.69) is 15.3 Å². The summed E-state index contributed by atoms with van der Waals surface area (Å²) in [6, 6.07) is 3.16. The third kappa shape index (κ3) is 3.25. The number of pyridine rings is 1. The van der Waals surface area contributed by atoms with Gasteiger partial charge in [0.25, 0.3) is 5.91 Å². The third-order valence-electron chi connectivity index (χ3n) is 2.05. The molecule has 0 radical (unpaired) electrons. The molecule has 1 N–H and O–H groups in total. The van der Waals surface area contributed by atoms with E-state index in [1.165, 1.54) is 12.3 Å². The van der Waals surface area contributed by atoms with E-state index in [1.54, 1.807) is 17.4 Å². The molecule has 2 aromatic heterocycles. The zero-order valence-electron chi connectivity index (χ0n) is 9.11. The average Bonchev–Trinajstić information content (AvgIpc) is 2.72. The number of nitrogens with zero attached hydrogens (tertiary/aromatic N) is 2. The standard InChI is InChI=1S/C11H10ClN3OS/c1-7-15-9(6-17-7)5-14-11(16)10-4-8(12)2-3-13-10/h2-4,6H,5H2,1H3,(H,14,16). The van der Waals surface area contributed by atoms with Gasteiger partial charge in [-0.25, -0.2) is 4.98 Å². The van der Waals surface area contributed by atoms with Gasteiger partial charge in [0.1, 0.15) is 5.69 Å². The molecule has 17 heavy (non-hydrogen) atoms. The lowest BCUT2D eigenvalue weighted by Crippen LogP contribution is -2.23. The summed E-state index contributed by atoms with van der Waals surface area (Å²) in [5.74, 6) is -0.252. The number of halogens is 1.